The van der Waals surface area contributed by atoms with E-state index in [0.717, 1.165) is 51.4 Å². The zero-order chi connectivity index (χ0) is 40.5. The van der Waals surface area contributed by atoms with Crippen molar-refractivity contribution in [3.8, 4) is 0 Å². The maximum Gasteiger partial charge on any atom is 0.104 e. The van der Waals surface area contributed by atoms with E-state index in [1.807, 2.05) is 0 Å². The van der Waals surface area contributed by atoms with Crippen LogP contribution in [0, 0.1) is 0 Å². The average molecular weight is 799 g/mol. The number of hydrogen-bond acceptors (Lipinski definition) is 13. The van der Waals surface area contributed by atoms with Crippen molar-refractivity contribution in [3.63, 3.8) is 0 Å². The lowest BCUT2D eigenvalue weighted by molar-refractivity contribution is -0.122. The Morgan fingerprint density at radius 3 is 0.491 bits per heavy atom. The second-order valence-corrected chi connectivity index (χ2v) is 13.8. The van der Waals surface area contributed by atoms with Crippen LogP contribution in [0.5, 0.6) is 0 Å². The highest BCUT2D eigenvalue weighted by atomic mass is 16.6. The third-order valence-electron chi connectivity index (χ3n) is 7.69. The van der Waals surface area contributed by atoms with Crippen molar-refractivity contribution in [1.82, 2.24) is 0 Å². The zero-order valence-electron chi connectivity index (χ0n) is 36.6. The molecule has 0 rings (SSSR count). The molecule has 6 unspecified atom stereocenters. The third-order valence-corrected chi connectivity index (χ3v) is 7.69. The van der Waals surface area contributed by atoms with Crippen molar-refractivity contribution in [2.24, 2.45) is 0 Å². The van der Waals surface area contributed by atoms with Crippen molar-refractivity contribution in [1.29, 1.82) is 0 Å². The number of rotatable bonds is 46. The highest BCUT2D eigenvalue weighted by molar-refractivity contribution is 4.65. The fourth-order valence-corrected chi connectivity index (χ4v) is 4.95. The first-order valence-electron chi connectivity index (χ1n) is 21.7. The van der Waals surface area contributed by atoms with Crippen LogP contribution in [-0.2, 0) is 61.6 Å². The Labute approximate surface area is 336 Å². The maximum absolute atomic E-state index is 6.15. The minimum absolute atomic E-state index is 0.104. The fourth-order valence-electron chi connectivity index (χ4n) is 4.95. The van der Waals surface area contributed by atoms with E-state index in [1.165, 1.54) is 0 Å². The first-order chi connectivity index (χ1) is 27.0. The highest BCUT2D eigenvalue weighted by Crippen LogP contribution is 2.07. The van der Waals surface area contributed by atoms with Crippen molar-refractivity contribution >= 4 is 0 Å². The van der Waals surface area contributed by atoms with Gasteiger partial charge in [-0.1, -0.05) is 55.4 Å². The van der Waals surface area contributed by atoms with E-state index in [2.05, 4.69) is 55.4 Å². The van der Waals surface area contributed by atoms with Gasteiger partial charge in [0.25, 0.3) is 0 Å². The van der Waals surface area contributed by atoms with E-state index in [-0.39, 0.29) is 36.6 Å². The molecular weight excluding hydrogens is 712 g/mol. The molecule has 6 atom stereocenters. The van der Waals surface area contributed by atoms with Crippen molar-refractivity contribution in [2.75, 3.05) is 132 Å². The van der Waals surface area contributed by atoms with Crippen LogP contribution < -0.4 is 0 Å². The minimum Gasteiger partial charge on any atom is -0.379 e. The number of hydrogen-bond donors (Lipinski definition) is 0. The van der Waals surface area contributed by atoms with E-state index in [0.29, 0.717) is 132 Å². The van der Waals surface area contributed by atoms with Crippen LogP contribution in [0.1, 0.15) is 107 Å². The van der Waals surface area contributed by atoms with Crippen molar-refractivity contribution in [2.45, 2.75) is 143 Å². The van der Waals surface area contributed by atoms with E-state index in [9.17, 15) is 0 Å². The molecule has 0 amide bonds. The van der Waals surface area contributed by atoms with Crippen molar-refractivity contribution < 1.29 is 61.6 Å². The SMILES string of the molecule is CCCOCC(COCC(COCC(COCC(COCC(COCC(COCCC)OCCC)OCCC)OCCC)OCCC)OCCC)OCCC. The summed E-state index contributed by atoms with van der Waals surface area (Å²) in [7, 11) is 0. The van der Waals surface area contributed by atoms with Gasteiger partial charge in [-0.05, 0) is 51.4 Å². The Kier molecular flexibility index (Phi) is 42.7. The Morgan fingerprint density at radius 1 is 0.200 bits per heavy atom. The van der Waals surface area contributed by atoms with Gasteiger partial charge in [0.1, 0.15) is 36.6 Å². The van der Waals surface area contributed by atoms with Gasteiger partial charge in [0.2, 0.25) is 0 Å². The Bertz CT molecular complexity index is 680. The standard InChI is InChI=1S/C42H86O13/c1-9-17-43-25-37(50-19-11-3)27-45-29-39(52-21-13-5)31-47-33-41(54-23-15-7)35-49-36-42(55-24-16-8)34-48-32-40(53-22-14-6)30-46-28-38(51-20-12-4)26-44-18-10-2/h37-42H,9-36H2,1-8H3. The van der Waals surface area contributed by atoms with E-state index < -0.39 is 0 Å². The quantitative estimate of drug-likeness (QED) is 0.0609. The van der Waals surface area contributed by atoms with Gasteiger partial charge in [0.15, 0.2) is 0 Å². The van der Waals surface area contributed by atoms with Gasteiger partial charge in [-0.3, -0.25) is 0 Å². The molecule has 13 nitrogen and oxygen atoms in total. The second kappa shape index (κ2) is 43.1. The molecule has 0 aliphatic rings. The number of ether oxygens (including phenoxy) is 13. The van der Waals surface area contributed by atoms with Gasteiger partial charge in [0, 0.05) is 52.9 Å². The Balaban J connectivity index is 4.97. The molecule has 0 N–H and O–H groups in total. The smallest absolute Gasteiger partial charge is 0.104 e. The van der Waals surface area contributed by atoms with E-state index >= 15 is 0 Å². The molecule has 332 valence electrons. The monoisotopic (exact) mass is 799 g/mol. The predicted octanol–water partition coefficient (Wildman–Crippen LogP) is 6.69. The summed E-state index contributed by atoms with van der Waals surface area (Å²) < 4.78 is 78.1. The maximum atomic E-state index is 6.15. The molecule has 0 saturated heterocycles. The van der Waals surface area contributed by atoms with E-state index in [1.54, 1.807) is 0 Å². The van der Waals surface area contributed by atoms with Gasteiger partial charge in [-0.15, -0.1) is 0 Å². The summed E-state index contributed by atoms with van der Waals surface area (Å²) in [5.74, 6) is 0. The summed E-state index contributed by atoms with van der Waals surface area (Å²) in [6.07, 6.45) is 6.38. The first-order valence-corrected chi connectivity index (χ1v) is 21.7. The molecule has 0 aliphatic carbocycles. The molecule has 0 spiro atoms. The lowest BCUT2D eigenvalue weighted by atomic mass is 10.3. The fraction of sp³-hybridized carbons (Fsp3) is 1.00. The van der Waals surface area contributed by atoms with Crippen LogP contribution in [0.25, 0.3) is 0 Å². The van der Waals surface area contributed by atoms with Gasteiger partial charge in [-0.2, -0.15) is 0 Å². The molecule has 0 aromatic rings. The summed E-state index contributed by atoms with van der Waals surface area (Å²) in [5, 5.41) is 0. The lowest BCUT2D eigenvalue weighted by Gasteiger charge is -2.24. The van der Waals surface area contributed by atoms with Gasteiger partial charge >= 0.3 is 0 Å². The molecule has 0 aromatic carbocycles. The summed E-state index contributed by atoms with van der Waals surface area (Å²) in [6, 6.07) is 0. The predicted molar refractivity (Wildman–Crippen MR) is 217 cm³/mol. The van der Waals surface area contributed by atoms with Crippen LogP contribution in [0.15, 0.2) is 0 Å². The zero-order valence-corrected chi connectivity index (χ0v) is 36.6. The molecular formula is C42H86O13. The molecule has 0 radical (unpaired) electrons. The molecule has 13 heteroatoms. The summed E-state index contributed by atoms with van der Waals surface area (Å²) in [6.45, 7) is 27.0. The molecule has 0 saturated carbocycles. The molecule has 0 heterocycles. The molecule has 55 heavy (non-hydrogen) atoms. The van der Waals surface area contributed by atoms with Crippen LogP contribution in [0.4, 0.5) is 0 Å². The minimum atomic E-state index is -0.232. The highest BCUT2D eigenvalue weighted by Gasteiger charge is 2.19. The largest absolute Gasteiger partial charge is 0.379 e. The topological polar surface area (TPSA) is 120 Å². The van der Waals surface area contributed by atoms with Crippen LogP contribution in [0.2, 0.25) is 0 Å². The van der Waals surface area contributed by atoms with Crippen LogP contribution >= 0.6 is 0 Å². The van der Waals surface area contributed by atoms with Crippen molar-refractivity contribution in [3.05, 3.63) is 0 Å². The second-order valence-electron chi connectivity index (χ2n) is 13.8. The normalized spacial score (nSPS) is 15.3. The lowest BCUT2D eigenvalue weighted by Crippen LogP contribution is -2.35. The molecule has 0 aliphatic heterocycles. The Hall–Kier alpha value is -0.520. The molecule has 0 fully saturated rings. The summed E-state index contributed by atoms with van der Waals surface area (Å²) in [4.78, 5) is 0. The Morgan fingerprint density at radius 2 is 0.345 bits per heavy atom. The van der Waals surface area contributed by atoms with Gasteiger partial charge in [0.05, 0.1) is 79.3 Å². The van der Waals surface area contributed by atoms with Gasteiger partial charge < -0.3 is 61.6 Å². The first kappa shape index (κ1) is 54.5. The van der Waals surface area contributed by atoms with Crippen LogP contribution in [-0.4, -0.2) is 169 Å². The van der Waals surface area contributed by atoms with E-state index in [4.69, 9.17) is 61.6 Å². The summed E-state index contributed by atoms with van der Waals surface area (Å²) >= 11 is 0. The van der Waals surface area contributed by atoms with Crippen LogP contribution in [0.3, 0.4) is 0 Å². The summed E-state index contributed by atoms with van der Waals surface area (Å²) in [5.41, 5.74) is 0. The third kappa shape index (κ3) is 35.2. The molecule has 0 aromatic heterocycles. The average Bonchev–Trinajstić information content (AvgIpc) is 3.19. The molecule has 0 bridgehead atoms. The van der Waals surface area contributed by atoms with Gasteiger partial charge in [-0.25, -0.2) is 0 Å².